The molecule has 4 aromatic rings. The van der Waals surface area contributed by atoms with Crippen molar-refractivity contribution in [3.8, 4) is 23.7 Å². The maximum Gasteiger partial charge on any atom is 0.217 e. The predicted molar refractivity (Wildman–Crippen MR) is 144 cm³/mol. The van der Waals surface area contributed by atoms with Gasteiger partial charge in [-0.2, -0.15) is 10.2 Å². The van der Waals surface area contributed by atoms with Crippen molar-refractivity contribution < 1.29 is 19.3 Å². The second-order valence-corrected chi connectivity index (χ2v) is 10.0. The molecule has 9 heteroatoms. The van der Waals surface area contributed by atoms with Crippen molar-refractivity contribution in [1.29, 1.82) is 5.26 Å². The molecule has 2 unspecified atom stereocenters. The van der Waals surface area contributed by atoms with Crippen molar-refractivity contribution in [2.24, 2.45) is 0 Å². The molecule has 0 aliphatic carbocycles. The van der Waals surface area contributed by atoms with Crippen LogP contribution in [0, 0.1) is 18.3 Å². The number of nitrogens with zero attached hydrogens (tertiary/aromatic N) is 3. The van der Waals surface area contributed by atoms with E-state index in [1.807, 2.05) is 32.2 Å². The monoisotopic (exact) mass is 518 g/mol. The van der Waals surface area contributed by atoms with Crippen LogP contribution in [0.4, 0.5) is 0 Å². The molecule has 0 radical (unpaired) electrons. The third kappa shape index (κ3) is 5.23. The Kier molecular flexibility index (Phi) is 7.93. The molecule has 0 saturated carbocycles. The Hall–Kier alpha value is -3.71. The molecule has 1 aromatic carbocycles. The molecule has 0 amide bonds. The van der Waals surface area contributed by atoms with Crippen molar-refractivity contribution in [2.45, 2.75) is 24.9 Å². The number of fused-ring (bicyclic) bond motifs is 1. The standard InChI is InChI=1S/C28H30N4O4S/c1-17-6-9-23(37-17)26(21-13-19-12-18(16-29)7-8-22(19)31-27(21)36-5)28(33,10-11-30-2)20-14-24(34-3)32-25(15-20)35-4/h6-9,12-15,26,30,33H,10-11H2,1-5H3. The number of hydrogen-bond acceptors (Lipinski definition) is 9. The zero-order chi connectivity index (χ0) is 26.6. The average Bonchev–Trinajstić information content (AvgIpc) is 3.35. The molecule has 0 spiro atoms. The smallest absolute Gasteiger partial charge is 0.217 e. The van der Waals surface area contributed by atoms with Gasteiger partial charge in [0.25, 0.3) is 0 Å². The third-order valence-electron chi connectivity index (χ3n) is 6.42. The number of aromatic nitrogens is 2. The quantitative estimate of drug-likeness (QED) is 0.315. The van der Waals surface area contributed by atoms with E-state index >= 15 is 0 Å². The Bertz CT molecular complexity index is 1430. The van der Waals surface area contributed by atoms with Gasteiger partial charge >= 0.3 is 0 Å². The summed E-state index contributed by atoms with van der Waals surface area (Å²) in [5.41, 5.74) is 1.10. The van der Waals surface area contributed by atoms with Gasteiger partial charge in [0.2, 0.25) is 17.6 Å². The van der Waals surface area contributed by atoms with Gasteiger partial charge in [0.05, 0.1) is 44.4 Å². The molecule has 4 rings (SSSR count). The molecule has 3 aromatic heterocycles. The van der Waals surface area contributed by atoms with Crippen molar-refractivity contribution >= 4 is 22.2 Å². The predicted octanol–water partition coefficient (Wildman–Crippen LogP) is 4.53. The largest absolute Gasteiger partial charge is 0.481 e. The summed E-state index contributed by atoms with van der Waals surface area (Å²) in [5.74, 6) is 0.513. The van der Waals surface area contributed by atoms with Crippen LogP contribution in [0.1, 0.15) is 38.8 Å². The Morgan fingerprint density at radius 1 is 1.03 bits per heavy atom. The number of methoxy groups -OCH3 is 3. The number of aliphatic hydroxyl groups is 1. The van der Waals surface area contributed by atoms with Gasteiger partial charge in [0.1, 0.15) is 5.60 Å². The number of nitrogens with one attached hydrogen (secondary N) is 1. The first kappa shape index (κ1) is 26.4. The van der Waals surface area contributed by atoms with Crippen molar-refractivity contribution in [1.82, 2.24) is 15.3 Å². The Morgan fingerprint density at radius 2 is 1.76 bits per heavy atom. The van der Waals surface area contributed by atoms with Crippen molar-refractivity contribution in [3.63, 3.8) is 0 Å². The highest BCUT2D eigenvalue weighted by molar-refractivity contribution is 7.12. The van der Waals surface area contributed by atoms with Gasteiger partial charge in [-0.1, -0.05) is 0 Å². The summed E-state index contributed by atoms with van der Waals surface area (Å²) < 4.78 is 16.7. The fraction of sp³-hybridized carbons (Fsp3) is 0.321. The Labute approximate surface area is 220 Å². The van der Waals surface area contributed by atoms with Gasteiger partial charge in [0.15, 0.2) is 0 Å². The number of pyridine rings is 2. The normalized spacial score (nSPS) is 13.5. The molecule has 0 fully saturated rings. The summed E-state index contributed by atoms with van der Waals surface area (Å²) in [6.45, 7) is 2.57. The van der Waals surface area contributed by atoms with E-state index < -0.39 is 11.5 Å². The number of ether oxygens (including phenoxy) is 3. The first-order valence-corrected chi connectivity index (χ1v) is 12.6. The molecule has 0 saturated heterocycles. The van der Waals surface area contributed by atoms with Crippen LogP contribution in [-0.2, 0) is 5.60 Å². The Morgan fingerprint density at radius 3 is 2.32 bits per heavy atom. The molecule has 8 nitrogen and oxygen atoms in total. The molecule has 37 heavy (non-hydrogen) atoms. The van der Waals surface area contributed by atoms with E-state index in [1.165, 1.54) is 14.2 Å². The van der Waals surface area contributed by atoms with Crippen LogP contribution in [0.25, 0.3) is 10.9 Å². The van der Waals surface area contributed by atoms with Gasteiger partial charge in [-0.25, -0.2) is 4.98 Å². The highest BCUT2D eigenvalue weighted by Gasteiger charge is 2.43. The third-order valence-corrected chi connectivity index (χ3v) is 7.48. The highest BCUT2D eigenvalue weighted by Crippen LogP contribution is 2.49. The minimum Gasteiger partial charge on any atom is -0.481 e. The van der Waals surface area contributed by atoms with E-state index in [9.17, 15) is 10.4 Å². The van der Waals surface area contributed by atoms with Crippen LogP contribution in [0.2, 0.25) is 0 Å². The Balaban J connectivity index is 2.05. The van der Waals surface area contributed by atoms with Crippen LogP contribution in [0.5, 0.6) is 17.6 Å². The lowest BCUT2D eigenvalue weighted by atomic mass is 9.74. The number of rotatable bonds is 10. The lowest BCUT2D eigenvalue weighted by Crippen LogP contribution is -2.37. The van der Waals surface area contributed by atoms with E-state index in [4.69, 9.17) is 19.2 Å². The zero-order valence-electron chi connectivity index (χ0n) is 21.5. The van der Waals surface area contributed by atoms with Crippen LogP contribution in [0.3, 0.4) is 0 Å². The van der Waals surface area contributed by atoms with Crippen LogP contribution in [0.15, 0.2) is 48.5 Å². The van der Waals surface area contributed by atoms with E-state index in [-0.39, 0.29) is 0 Å². The van der Waals surface area contributed by atoms with E-state index in [1.54, 1.807) is 48.8 Å². The topological polar surface area (TPSA) is 110 Å². The summed E-state index contributed by atoms with van der Waals surface area (Å²) in [5, 5.41) is 26.1. The first-order valence-electron chi connectivity index (χ1n) is 11.8. The first-order chi connectivity index (χ1) is 17.9. The van der Waals surface area contributed by atoms with E-state index in [2.05, 4.69) is 16.4 Å². The SMILES string of the molecule is CNCCC(O)(c1cc(OC)nc(OC)c1)C(c1ccc(C)s1)c1cc2cc(C#N)ccc2nc1OC. The number of thiophene rings is 1. The maximum absolute atomic E-state index is 12.7. The molecule has 2 N–H and O–H groups in total. The van der Waals surface area contributed by atoms with Gasteiger partial charge in [-0.05, 0) is 68.9 Å². The molecule has 2 atom stereocenters. The summed E-state index contributed by atoms with van der Waals surface area (Å²) >= 11 is 1.60. The number of nitriles is 1. The number of benzene rings is 1. The molecule has 3 heterocycles. The van der Waals surface area contributed by atoms with Gasteiger partial charge in [0, 0.05) is 32.8 Å². The summed E-state index contributed by atoms with van der Waals surface area (Å²) in [6.07, 6.45) is 0.362. The summed E-state index contributed by atoms with van der Waals surface area (Å²) in [7, 11) is 6.48. The fourth-order valence-corrected chi connectivity index (χ4v) is 5.66. The molecule has 192 valence electrons. The highest BCUT2D eigenvalue weighted by atomic mass is 32.1. The lowest BCUT2D eigenvalue weighted by Gasteiger charge is -2.37. The van der Waals surface area contributed by atoms with Gasteiger partial charge in [-0.15, -0.1) is 11.3 Å². The average molecular weight is 519 g/mol. The van der Waals surface area contributed by atoms with E-state index in [0.29, 0.717) is 52.8 Å². The molecule has 0 bridgehead atoms. The van der Waals surface area contributed by atoms with Crippen LogP contribution >= 0.6 is 11.3 Å². The minimum absolute atomic E-state index is 0.334. The lowest BCUT2D eigenvalue weighted by molar-refractivity contribution is 0.0108. The van der Waals surface area contributed by atoms with Crippen molar-refractivity contribution in [3.05, 3.63) is 75.0 Å². The number of aryl methyl sites for hydroxylation is 1. The van der Waals surface area contributed by atoms with E-state index in [0.717, 1.165) is 15.1 Å². The van der Waals surface area contributed by atoms with Crippen LogP contribution < -0.4 is 19.5 Å². The fourth-order valence-electron chi connectivity index (χ4n) is 4.58. The molecule has 0 aliphatic heterocycles. The van der Waals surface area contributed by atoms with Gasteiger partial charge < -0.3 is 24.6 Å². The zero-order valence-corrected chi connectivity index (χ0v) is 22.3. The second-order valence-electron chi connectivity index (χ2n) is 8.71. The van der Waals surface area contributed by atoms with Gasteiger partial charge in [-0.3, -0.25) is 0 Å². The second kappa shape index (κ2) is 11.1. The number of hydrogen-bond donors (Lipinski definition) is 2. The van der Waals surface area contributed by atoms with Crippen LogP contribution in [-0.4, -0.2) is 50.0 Å². The molecular formula is C28H30N4O4S. The summed E-state index contributed by atoms with van der Waals surface area (Å²) in [6, 6.07) is 17.0. The molecular weight excluding hydrogens is 488 g/mol. The maximum atomic E-state index is 12.7. The summed E-state index contributed by atoms with van der Waals surface area (Å²) in [4.78, 5) is 11.1. The minimum atomic E-state index is -1.43. The molecule has 0 aliphatic rings. The van der Waals surface area contributed by atoms with Crippen molar-refractivity contribution in [2.75, 3.05) is 34.9 Å².